The molecular formula is C14H23NO. The smallest absolute Gasteiger partial charge is 0.0522 e. The number of hydrogen-bond acceptors (Lipinski definition) is 2. The van der Waals surface area contributed by atoms with E-state index in [2.05, 4.69) is 45.0 Å². The van der Waals surface area contributed by atoms with Crippen LogP contribution in [0.5, 0.6) is 0 Å². The van der Waals surface area contributed by atoms with Gasteiger partial charge in [-0.3, -0.25) is 0 Å². The summed E-state index contributed by atoms with van der Waals surface area (Å²) in [6.45, 7) is 7.19. The van der Waals surface area contributed by atoms with Crippen LogP contribution in [-0.4, -0.2) is 18.3 Å². The minimum Gasteiger partial charge on any atom is -0.395 e. The molecule has 0 spiro atoms. The van der Waals surface area contributed by atoms with Crippen LogP contribution in [0.1, 0.15) is 44.2 Å². The molecular weight excluding hydrogens is 198 g/mol. The lowest BCUT2D eigenvalue weighted by Crippen LogP contribution is -2.22. The normalized spacial score (nSPS) is 13.8. The Kier molecular flexibility index (Phi) is 4.51. The topological polar surface area (TPSA) is 46.2 Å². The van der Waals surface area contributed by atoms with Crippen molar-refractivity contribution in [1.29, 1.82) is 0 Å². The van der Waals surface area contributed by atoms with Gasteiger partial charge in [-0.05, 0) is 30.0 Å². The number of benzene rings is 1. The van der Waals surface area contributed by atoms with E-state index in [1.165, 1.54) is 11.1 Å². The largest absolute Gasteiger partial charge is 0.395 e. The fourth-order valence-corrected chi connectivity index (χ4v) is 1.77. The van der Waals surface area contributed by atoms with E-state index in [0.717, 1.165) is 13.0 Å². The summed E-state index contributed by atoms with van der Waals surface area (Å²) in [6.07, 6.45) is 1.00. The van der Waals surface area contributed by atoms with Gasteiger partial charge in [-0.15, -0.1) is 0 Å². The molecule has 0 aliphatic heterocycles. The number of aliphatic hydroxyl groups excluding tert-OH is 1. The van der Waals surface area contributed by atoms with Gasteiger partial charge in [-0.2, -0.15) is 0 Å². The molecule has 1 rings (SSSR count). The van der Waals surface area contributed by atoms with E-state index < -0.39 is 0 Å². The molecule has 0 radical (unpaired) electrons. The molecule has 1 aromatic rings. The van der Waals surface area contributed by atoms with Crippen molar-refractivity contribution < 1.29 is 5.11 Å². The van der Waals surface area contributed by atoms with Crippen molar-refractivity contribution in [2.45, 2.75) is 38.5 Å². The lowest BCUT2D eigenvalue weighted by atomic mass is 9.83. The van der Waals surface area contributed by atoms with Crippen LogP contribution in [0.15, 0.2) is 24.3 Å². The molecule has 2 nitrogen and oxygen atoms in total. The molecule has 1 unspecified atom stereocenters. The molecule has 90 valence electrons. The van der Waals surface area contributed by atoms with E-state index in [-0.39, 0.29) is 12.0 Å². The molecule has 0 aliphatic rings. The SMILES string of the molecule is CC(CCN)c1cccc(C(C)(C)CO)c1. The number of hydrogen-bond donors (Lipinski definition) is 2. The van der Waals surface area contributed by atoms with Gasteiger partial charge in [0.1, 0.15) is 0 Å². The first-order chi connectivity index (χ1) is 7.51. The highest BCUT2D eigenvalue weighted by molar-refractivity contribution is 5.31. The summed E-state index contributed by atoms with van der Waals surface area (Å²) < 4.78 is 0. The van der Waals surface area contributed by atoms with E-state index in [4.69, 9.17) is 5.73 Å². The second-order valence-corrected chi connectivity index (χ2v) is 5.15. The molecule has 3 N–H and O–H groups in total. The molecule has 16 heavy (non-hydrogen) atoms. The summed E-state index contributed by atoms with van der Waals surface area (Å²) >= 11 is 0. The third kappa shape index (κ3) is 3.06. The Labute approximate surface area is 98.5 Å². The van der Waals surface area contributed by atoms with Crippen LogP contribution in [0.3, 0.4) is 0 Å². The average Bonchev–Trinajstić information content (AvgIpc) is 2.29. The molecule has 0 heterocycles. The van der Waals surface area contributed by atoms with Crippen LogP contribution >= 0.6 is 0 Å². The van der Waals surface area contributed by atoms with Gasteiger partial charge < -0.3 is 10.8 Å². The van der Waals surface area contributed by atoms with Crippen LogP contribution < -0.4 is 5.73 Å². The predicted octanol–water partition coefficient (Wildman–Crippen LogP) is 2.41. The number of rotatable bonds is 5. The number of nitrogens with two attached hydrogens (primary N) is 1. The second kappa shape index (κ2) is 5.46. The molecule has 2 heteroatoms. The van der Waals surface area contributed by atoms with Crippen molar-refractivity contribution in [2.24, 2.45) is 5.73 Å². The van der Waals surface area contributed by atoms with Crippen LogP contribution in [-0.2, 0) is 5.41 Å². The van der Waals surface area contributed by atoms with E-state index in [9.17, 15) is 5.11 Å². The van der Waals surface area contributed by atoms with Gasteiger partial charge in [0.15, 0.2) is 0 Å². The lowest BCUT2D eigenvalue weighted by molar-refractivity contribution is 0.218. The molecule has 0 saturated carbocycles. The first-order valence-corrected chi connectivity index (χ1v) is 5.92. The highest BCUT2D eigenvalue weighted by Gasteiger charge is 2.19. The maximum atomic E-state index is 9.36. The quantitative estimate of drug-likeness (QED) is 0.802. The zero-order chi connectivity index (χ0) is 12.2. The van der Waals surface area contributed by atoms with Crippen molar-refractivity contribution in [3.63, 3.8) is 0 Å². The van der Waals surface area contributed by atoms with Gasteiger partial charge in [0, 0.05) is 5.41 Å². The summed E-state index contributed by atoms with van der Waals surface area (Å²) in [5.41, 5.74) is 7.91. The molecule has 0 saturated heterocycles. The summed E-state index contributed by atoms with van der Waals surface area (Å²) in [4.78, 5) is 0. The van der Waals surface area contributed by atoms with Crippen molar-refractivity contribution >= 4 is 0 Å². The third-order valence-electron chi connectivity index (χ3n) is 3.23. The van der Waals surface area contributed by atoms with Crippen LogP contribution in [0.4, 0.5) is 0 Å². The van der Waals surface area contributed by atoms with Gasteiger partial charge in [0.2, 0.25) is 0 Å². The predicted molar refractivity (Wildman–Crippen MR) is 68.6 cm³/mol. The zero-order valence-electron chi connectivity index (χ0n) is 10.5. The summed E-state index contributed by atoms with van der Waals surface area (Å²) in [5, 5.41) is 9.36. The van der Waals surface area contributed by atoms with Crippen molar-refractivity contribution in [1.82, 2.24) is 0 Å². The van der Waals surface area contributed by atoms with Gasteiger partial charge >= 0.3 is 0 Å². The summed E-state index contributed by atoms with van der Waals surface area (Å²) in [7, 11) is 0. The monoisotopic (exact) mass is 221 g/mol. The highest BCUT2D eigenvalue weighted by atomic mass is 16.3. The Morgan fingerprint density at radius 2 is 2.06 bits per heavy atom. The zero-order valence-corrected chi connectivity index (χ0v) is 10.5. The molecule has 0 aliphatic carbocycles. The van der Waals surface area contributed by atoms with Crippen molar-refractivity contribution in [3.8, 4) is 0 Å². The van der Waals surface area contributed by atoms with E-state index in [1.54, 1.807) is 0 Å². The van der Waals surface area contributed by atoms with Gasteiger partial charge in [-0.1, -0.05) is 45.0 Å². The average molecular weight is 221 g/mol. The number of aliphatic hydroxyl groups is 1. The van der Waals surface area contributed by atoms with Gasteiger partial charge in [0.25, 0.3) is 0 Å². The van der Waals surface area contributed by atoms with Crippen LogP contribution in [0.2, 0.25) is 0 Å². The molecule has 0 amide bonds. The van der Waals surface area contributed by atoms with Gasteiger partial charge in [-0.25, -0.2) is 0 Å². The minimum atomic E-state index is -0.168. The Morgan fingerprint density at radius 1 is 1.38 bits per heavy atom. The lowest BCUT2D eigenvalue weighted by Gasteiger charge is -2.23. The molecule has 1 aromatic carbocycles. The van der Waals surface area contributed by atoms with Crippen LogP contribution in [0.25, 0.3) is 0 Å². The first kappa shape index (κ1) is 13.2. The fourth-order valence-electron chi connectivity index (χ4n) is 1.77. The maximum Gasteiger partial charge on any atom is 0.0522 e. The Morgan fingerprint density at radius 3 is 2.62 bits per heavy atom. The molecule has 0 aromatic heterocycles. The molecule has 0 bridgehead atoms. The van der Waals surface area contributed by atoms with E-state index in [0.29, 0.717) is 5.92 Å². The third-order valence-corrected chi connectivity index (χ3v) is 3.23. The van der Waals surface area contributed by atoms with Crippen molar-refractivity contribution in [2.75, 3.05) is 13.2 Å². The summed E-state index contributed by atoms with van der Waals surface area (Å²) in [6, 6.07) is 8.47. The molecule has 1 atom stereocenters. The van der Waals surface area contributed by atoms with Gasteiger partial charge in [0.05, 0.1) is 6.61 Å². The Balaban J connectivity index is 2.95. The maximum absolute atomic E-state index is 9.36. The fraction of sp³-hybridized carbons (Fsp3) is 0.571. The Bertz CT molecular complexity index is 333. The molecule has 0 fully saturated rings. The Hall–Kier alpha value is -0.860. The highest BCUT2D eigenvalue weighted by Crippen LogP contribution is 2.26. The summed E-state index contributed by atoms with van der Waals surface area (Å²) in [5.74, 6) is 0.486. The second-order valence-electron chi connectivity index (χ2n) is 5.15. The van der Waals surface area contributed by atoms with Crippen LogP contribution in [0, 0.1) is 0 Å². The first-order valence-electron chi connectivity index (χ1n) is 5.92. The van der Waals surface area contributed by atoms with E-state index in [1.807, 2.05) is 0 Å². The van der Waals surface area contributed by atoms with E-state index >= 15 is 0 Å². The van der Waals surface area contributed by atoms with Crippen molar-refractivity contribution in [3.05, 3.63) is 35.4 Å². The standard InChI is InChI=1S/C14H23NO/c1-11(7-8-15)12-5-4-6-13(9-12)14(2,3)10-16/h4-6,9,11,16H,7-8,10,15H2,1-3H3. The minimum absolute atomic E-state index is 0.168.